The summed E-state index contributed by atoms with van der Waals surface area (Å²) in [7, 11) is 0. The standard InChI is InChI=1S/C25H26F3N3/c1-16-10-6-7-11-18(16)17(2)29-24-20-13-4-3-5-15-22(20)30-23(31-24)19-12-8-9-14-21(19)25(26,27)28/h6-12,14,23,30H,2-5,13,15H2,1H3,(H,29,31). The molecule has 1 unspecified atom stereocenters. The van der Waals surface area contributed by atoms with E-state index in [-0.39, 0.29) is 5.56 Å². The number of rotatable bonds is 3. The van der Waals surface area contributed by atoms with Gasteiger partial charge < -0.3 is 10.6 Å². The van der Waals surface area contributed by atoms with Crippen LogP contribution in [0, 0.1) is 6.92 Å². The van der Waals surface area contributed by atoms with Gasteiger partial charge in [0.05, 0.1) is 5.56 Å². The summed E-state index contributed by atoms with van der Waals surface area (Å²) in [5.74, 6) is 0.617. The molecule has 0 radical (unpaired) electrons. The van der Waals surface area contributed by atoms with E-state index < -0.39 is 17.9 Å². The third-order valence-electron chi connectivity index (χ3n) is 5.87. The van der Waals surface area contributed by atoms with Crippen LogP contribution in [0.4, 0.5) is 13.2 Å². The van der Waals surface area contributed by atoms with E-state index in [4.69, 9.17) is 4.99 Å². The van der Waals surface area contributed by atoms with Crippen molar-refractivity contribution in [1.29, 1.82) is 0 Å². The molecule has 1 aliphatic heterocycles. The van der Waals surface area contributed by atoms with Gasteiger partial charge in [0.25, 0.3) is 0 Å². The zero-order valence-electron chi connectivity index (χ0n) is 17.5. The predicted molar refractivity (Wildman–Crippen MR) is 118 cm³/mol. The van der Waals surface area contributed by atoms with Gasteiger partial charge in [0.15, 0.2) is 0 Å². The van der Waals surface area contributed by atoms with Crippen LogP contribution in [-0.4, -0.2) is 5.84 Å². The maximum absolute atomic E-state index is 13.7. The van der Waals surface area contributed by atoms with Gasteiger partial charge in [-0.05, 0) is 44.2 Å². The fourth-order valence-electron chi connectivity index (χ4n) is 4.28. The molecular formula is C25H26F3N3. The molecule has 0 amide bonds. The topological polar surface area (TPSA) is 36.4 Å². The number of hydrogen-bond donors (Lipinski definition) is 2. The second kappa shape index (κ2) is 8.61. The summed E-state index contributed by atoms with van der Waals surface area (Å²) in [5.41, 5.74) is 4.23. The number of nitrogens with zero attached hydrogens (tertiary/aromatic N) is 1. The molecule has 2 aliphatic rings. The highest BCUT2D eigenvalue weighted by molar-refractivity contribution is 6.04. The van der Waals surface area contributed by atoms with Gasteiger partial charge in [0, 0.05) is 28.1 Å². The number of aryl methyl sites for hydroxylation is 1. The number of nitrogens with one attached hydrogen (secondary N) is 2. The first-order chi connectivity index (χ1) is 14.8. The lowest BCUT2D eigenvalue weighted by atomic mass is 9.99. The van der Waals surface area contributed by atoms with Crippen molar-refractivity contribution in [2.75, 3.05) is 0 Å². The summed E-state index contributed by atoms with van der Waals surface area (Å²) >= 11 is 0. The van der Waals surface area contributed by atoms with E-state index in [0.29, 0.717) is 11.5 Å². The van der Waals surface area contributed by atoms with Crippen molar-refractivity contribution in [2.45, 2.75) is 51.4 Å². The molecule has 0 bridgehead atoms. The van der Waals surface area contributed by atoms with E-state index in [1.807, 2.05) is 31.2 Å². The number of alkyl halides is 3. The lowest BCUT2D eigenvalue weighted by molar-refractivity contribution is -0.138. The minimum absolute atomic E-state index is 0.131. The Balaban J connectivity index is 1.73. The van der Waals surface area contributed by atoms with Crippen LogP contribution < -0.4 is 10.6 Å². The van der Waals surface area contributed by atoms with Crippen LogP contribution in [0.2, 0.25) is 0 Å². The Morgan fingerprint density at radius 2 is 1.74 bits per heavy atom. The van der Waals surface area contributed by atoms with Crippen LogP contribution in [0.1, 0.15) is 60.5 Å². The van der Waals surface area contributed by atoms with Crippen LogP contribution in [-0.2, 0) is 6.18 Å². The Morgan fingerprint density at radius 3 is 2.52 bits per heavy atom. The second-order valence-electron chi connectivity index (χ2n) is 8.05. The zero-order valence-corrected chi connectivity index (χ0v) is 17.5. The molecule has 162 valence electrons. The van der Waals surface area contributed by atoms with Crippen molar-refractivity contribution in [3.63, 3.8) is 0 Å². The van der Waals surface area contributed by atoms with Crippen LogP contribution in [0.25, 0.3) is 5.70 Å². The number of amidine groups is 1. The Hall–Kier alpha value is -3.02. The maximum atomic E-state index is 13.7. The molecule has 6 heteroatoms. The second-order valence-corrected chi connectivity index (χ2v) is 8.05. The number of hydrogen-bond acceptors (Lipinski definition) is 3. The molecule has 1 heterocycles. The van der Waals surface area contributed by atoms with Gasteiger partial charge in [-0.15, -0.1) is 0 Å². The van der Waals surface area contributed by atoms with Crippen LogP contribution in [0.3, 0.4) is 0 Å². The first-order valence-electron chi connectivity index (χ1n) is 10.6. The lowest BCUT2D eigenvalue weighted by Crippen LogP contribution is -2.35. The molecule has 0 spiro atoms. The Bertz CT molecular complexity index is 1050. The fraction of sp³-hybridized carbons (Fsp3) is 0.320. The third kappa shape index (κ3) is 4.53. The van der Waals surface area contributed by atoms with Gasteiger partial charge in [-0.25, -0.2) is 4.99 Å². The summed E-state index contributed by atoms with van der Waals surface area (Å²) in [6, 6.07) is 13.5. The molecule has 2 aromatic rings. The first-order valence-corrected chi connectivity index (χ1v) is 10.6. The van der Waals surface area contributed by atoms with Crippen LogP contribution in [0.15, 0.2) is 71.4 Å². The van der Waals surface area contributed by atoms with Gasteiger partial charge in [-0.2, -0.15) is 13.2 Å². The minimum Gasteiger partial charge on any atom is -0.363 e. The van der Waals surface area contributed by atoms with E-state index in [9.17, 15) is 13.2 Å². The normalized spacial score (nSPS) is 19.1. The molecule has 1 atom stereocenters. The third-order valence-corrected chi connectivity index (χ3v) is 5.87. The van der Waals surface area contributed by atoms with E-state index in [2.05, 4.69) is 17.2 Å². The zero-order chi connectivity index (χ0) is 22.0. The van der Waals surface area contributed by atoms with Crippen molar-refractivity contribution in [1.82, 2.24) is 10.6 Å². The number of halogens is 3. The van der Waals surface area contributed by atoms with Crippen LogP contribution >= 0.6 is 0 Å². The molecule has 31 heavy (non-hydrogen) atoms. The van der Waals surface area contributed by atoms with Crippen molar-refractivity contribution in [3.8, 4) is 0 Å². The van der Waals surface area contributed by atoms with Gasteiger partial charge in [0.1, 0.15) is 12.0 Å². The van der Waals surface area contributed by atoms with Crippen molar-refractivity contribution >= 4 is 11.5 Å². The highest BCUT2D eigenvalue weighted by atomic mass is 19.4. The summed E-state index contributed by atoms with van der Waals surface area (Å²) in [4.78, 5) is 4.72. The molecule has 0 fully saturated rings. The number of allylic oxidation sites excluding steroid dienone is 1. The molecule has 2 aromatic carbocycles. The first kappa shape index (κ1) is 21.2. The largest absolute Gasteiger partial charge is 0.416 e. The minimum atomic E-state index is -4.44. The Labute approximate surface area is 180 Å². The SMILES string of the molecule is C=C(NC1=NC(c2ccccc2C(F)(F)F)NC2=C1CCCCC2)c1ccccc1C. The molecule has 0 saturated heterocycles. The van der Waals surface area contributed by atoms with E-state index in [1.165, 1.54) is 12.1 Å². The monoisotopic (exact) mass is 425 g/mol. The highest BCUT2D eigenvalue weighted by Gasteiger charge is 2.36. The predicted octanol–water partition coefficient (Wildman–Crippen LogP) is 6.49. The summed E-state index contributed by atoms with van der Waals surface area (Å²) < 4.78 is 41.0. The Morgan fingerprint density at radius 1 is 1.03 bits per heavy atom. The summed E-state index contributed by atoms with van der Waals surface area (Å²) in [6.07, 6.45) is -0.482. The van der Waals surface area contributed by atoms with Gasteiger partial charge >= 0.3 is 6.18 Å². The summed E-state index contributed by atoms with van der Waals surface area (Å²) in [5, 5.41) is 6.64. The molecule has 1 aliphatic carbocycles. The van der Waals surface area contributed by atoms with Gasteiger partial charge in [0.2, 0.25) is 0 Å². The molecule has 0 aromatic heterocycles. The van der Waals surface area contributed by atoms with Crippen molar-refractivity contribution in [2.24, 2.45) is 4.99 Å². The van der Waals surface area contributed by atoms with Gasteiger partial charge in [-0.3, -0.25) is 0 Å². The average molecular weight is 425 g/mol. The Kier molecular flexibility index (Phi) is 5.90. The fourth-order valence-corrected chi connectivity index (χ4v) is 4.28. The van der Waals surface area contributed by atoms with Gasteiger partial charge in [-0.1, -0.05) is 55.5 Å². The lowest BCUT2D eigenvalue weighted by Gasteiger charge is -2.30. The van der Waals surface area contributed by atoms with Crippen molar-refractivity contribution in [3.05, 3.63) is 88.6 Å². The summed E-state index contributed by atoms with van der Waals surface area (Å²) in [6.45, 7) is 6.19. The number of aliphatic imine (C=N–C) groups is 1. The van der Waals surface area contributed by atoms with E-state index in [0.717, 1.165) is 60.6 Å². The maximum Gasteiger partial charge on any atom is 0.416 e. The number of benzene rings is 2. The van der Waals surface area contributed by atoms with Crippen LogP contribution in [0.5, 0.6) is 0 Å². The molecule has 3 nitrogen and oxygen atoms in total. The molecule has 4 rings (SSSR count). The van der Waals surface area contributed by atoms with Crippen molar-refractivity contribution < 1.29 is 13.2 Å². The molecular weight excluding hydrogens is 399 g/mol. The quantitative estimate of drug-likeness (QED) is 0.589. The van der Waals surface area contributed by atoms with E-state index >= 15 is 0 Å². The van der Waals surface area contributed by atoms with E-state index in [1.54, 1.807) is 6.07 Å². The smallest absolute Gasteiger partial charge is 0.363 e. The highest BCUT2D eigenvalue weighted by Crippen LogP contribution is 2.38. The molecule has 0 saturated carbocycles. The average Bonchev–Trinajstić information content (AvgIpc) is 2.99. The molecule has 2 N–H and O–H groups in total.